The van der Waals surface area contributed by atoms with Gasteiger partial charge >= 0.3 is 0 Å². The summed E-state index contributed by atoms with van der Waals surface area (Å²) in [6.07, 6.45) is 1.82. The minimum atomic E-state index is -0.963. The average molecular weight is 421 g/mol. The second kappa shape index (κ2) is 5.87. The molecule has 0 aliphatic carbocycles. The predicted molar refractivity (Wildman–Crippen MR) is 72.8 cm³/mol. The average Bonchev–Trinajstić information content (AvgIpc) is 2.29. The summed E-state index contributed by atoms with van der Waals surface area (Å²) in [5.41, 5.74) is 2.09. The zero-order chi connectivity index (χ0) is 11.6. The van der Waals surface area contributed by atoms with Crippen molar-refractivity contribution in [2.75, 3.05) is 20.0 Å². The van der Waals surface area contributed by atoms with E-state index >= 15 is 0 Å². The van der Waals surface area contributed by atoms with E-state index in [9.17, 15) is 0 Å². The molecule has 1 aromatic heterocycles. The molecule has 1 radical (unpaired) electrons. The van der Waals surface area contributed by atoms with Crippen molar-refractivity contribution in [2.24, 2.45) is 0 Å². The van der Waals surface area contributed by atoms with Gasteiger partial charge in [0.2, 0.25) is 0 Å². The van der Waals surface area contributed by atoms with Gasteiger partial charge in [0.15, 0.2) is 0 Å². The van der Waals surface area contributed by atoms with Crippen LogP contribution in [0.2, 0.25) is 0 Å². The molecule has 3 heteroatoms. The van der Waals surface area contributed by atoms with Crippen LogP contribution in [0.5, 0.6) is 0 Å². The van der Waals surface area contributed by atoms with Crippen molar-refractivity contribution in [3.8, 4) is 11.3 Å². The predicted octanol–water partition coefficient (Wildman–Crippen LogP) is 3.08. The molecule has 0 saturated carbocycles. The van der Waals surface area contributed by atoms with Crippen molar-refractivity contribution in [1.29, 1.82) is 0 Å². The number of aromatic nitrogens is 1. The monoisotopic (exact) mass is 422 g/mol. The van der Waals surface area contributed by atoms with E-state index in [2.05, 4.69) is 43.2 Å². The summed E-state index contributed by atoms with van der Waals surface area (Å²) in [5, 5.41) is 1.42. The Labute approximate surface area is 117 Å². The molecule has 0 saturated heterocycles. The van der Waals surface area contributed by atoms with Crippen LogP contribution >= 0.6 is 7.26 Å². The minimum Gasteiger partial charge on any atom is -0.305 e. The van der Waals surface area contributed by atoms with E-state index in [1.54, 1.807) is 0 Å². The molecule has 0 bridgehead atoms. The van der Waals surface area contributed by atoms with Crippen molar-refractivity contribution in [1.82, 2.24) is 4.98 Å². The second-order valence-corrected chi connectivity index (χ2v) is 9.23. The van der Waals surface area contributed by atoms with Crippen LogP contribution in [-0.2, 0) is 20.1 Å². The zero-order valence-corrected chi connectivity index (χ0v) is 13.6. The Bertz CT molecular complexity index is 477. The van der Waals surface area contributed by atoms with Crippen LogP contribution in [-0.4, -0.2) is 25.0 Å². The summed E-state index contributed by atoms with van der Waals surface area (Å²) < 4.78 is 0. The zero-order valence-electron chi connectivity index (χ0n) is 10.3. The quantitative estimate of drug-likeness (QED) is 0.537. The number of nitrogens with zero attached hydrogens (tertiary/aromatic N) is 1. The van der Waals surface area contributed by atoms with Crippen LogP contribution in [0.4, 0.5) is 0 Å². The van der Waals surface area contributed by atoms with Crippen LogP contribution in [0, 0.1) is 6.07 Å². The number of rotatable bonds is 2. The molecule has 0 aliphatic heterocycles. The molecule has 0 N–H and O–H groups in total. The van der Waals surface area contributed by atoms with E-state index in [1.165, 1.54) is 5.30 Å². The van der Waals surface area contributed by atoms with Gasteiger partial charge in [-0.25, -0.2) is 0 Å². The standard InChI is InChI=1S/C14H16NP.Ir/c1-16(2,3)13-8-6-7-12(11-13)14-9-4-5-10-15-14;/h4-6,8-11H,1-3H3;. The molecule has 0 amide bonds. The fraction of sp³-hybridized carbons (Fsp3) is 0.214. The van der Waals surface area contributed by atoms with Crippen LogP contribution in [0.3, 0.4) is 0 Å². The van der Waals surface area contributed by atoms with Gasteiger partial charge in [-0.05, 0) is 11.8 Å². The summed E-state index contributed by atoms with van der Waals surface area (Å²) in [4.78, 5) is 4.35. The molecule has 2 aromatic rings. The molecule has 0 unspecified atom stereocenters. The van der Waals surface area contributed by atoms with E-state index < -0.39 is 7.26 Å². The van der Waals surface area contributed by atoms with Gasteiger partial charge in [-0.15, -0.1) is 29.8 Å². The second-order valence-electron chi connectivity index (χ2n) is 4.69. The maximum atomic E-state index is 4.35. The third kappa shape index (κ3) is 3.71. The first-order valence-corrected chi connectivity index (χ1v) is 8.45. The van der Waals surface area contributed by atoms with Gasteiger partial charge in [0, 0.05) is 38.9 Å². The molecular formula is C14H16IrNP. The summed E-state index contributed by atoms with van der Waals surface area (Å²) in [5.74, 6) is 0. The Morgan fingerprint density at radius 2 is 1.88 bits per heavy atom. The Balaban J connectivity index is 0.00000144. The maximum Gasteiger partial charge on any atom is 0.0515 e. The molecule has 0 spiro atoms. The van der Waals surface area contributed by atoms with E-state index in [1.807, 2.05) is 30.5 Å². The molecule has 91 valence electrons. The number of benzene rings is 1. The van der Waals surface area contributed by atoms with Gasteiger partial charge in [-0.3, -0.25) is 0 Å². The van der Waals surface area contributed by atoms with Gasteiger partial charge in [-0.1, -0.05) is 12.1 Å². The van der Waals surface area contributed by atoms with Crippen molar-refractivity contribution in [3.63, 3.8) is 0 Å². The fourth-order valence-corrected chi connectivity index (χ4v) is 2.58. The topological polar surface area (TPSA) is 12.9 Å². The summed E-state index contributed by atoms with van der Waals surface area (Å²) >= 11 is 0. The van der Waals surface area contributed by atoms with Crippen molar-refractivity contribution >= 4 is 12.6 Å². The SMILES string of the molecule is C[P+](C)(C)c1cc[c-]c(-c2ccccn2)c1.[Ir]. The van der Waals surface area contributed by atoms with Crippen LogP contribution in [0.15, 0.2) is 42.6 Å². The smallest absolute Gasteiger partial charge is 0.0515 e. The number of pyridine rings is 1. The first kappa shape index (κ1) is 14.5. The normalized spacial score (nSPS) is 10.8. The summed E-state index contributed by atoms with van der Waals surface area (Å²) in [6.45, 7) is 6.97. The summed E-state index contributed by atoms with van der Waals surface area (Å²) in [7, 11) is -0.963. The van der Waals surface area contributed by atoms with Gasteiger partial charge in [0.25, 0.3) is 0 Å². The maximum absolute atomic E-state index is 4.35. The van der Waals surface area contributed by atoms with Gasteiger partial charge in [-0.2, -0.15) is 0 Å². The van der Waals surface area contributed by atoms with Gasteiger partial charge in [0.1, 0.15) is 0 Å². The van der Waals surface area contributed by atoms with Crippen LogP contribution < -0.4 is 5.30 Å². The molecule has 2 rings (SSSR count). The largest absolute Gasteiger partial charge is 0.305 e. The number of hydrogen-bond donors (Lipinski definition) is 0. The summed E-state index contributed by atoms with van der Waals surface area (Å²) in [6, 6.07) is 15.6. The van der Waals surface area contributed by atoms with Crippen LogP contribution in [0.25, 0.3) is 11.3 Å². The molecule has 1 nitrogen and oxygen atoms in total. The Kier molecular flexibility index (Phi) is 5.01. The van der Waals surface area contributed by atoms with Crippen molar-refractivity contribution in [3.05, 3.63) is 48.7 Å². The first-order valence-electron chi connectivity index (χ1n) is 5.32. The van der Waals surface area contributed by atoms with Gasteiger partial charge < -0.3 is 4.98 Å². The molecule has 0 atom stereocenters. The van der Waals surface area contributed by atoms with E-state index in [4.69, 9.17) is 0 Å². The molecule has 1 heterocycles. The van der Waals surface area contributed by atoms with E-state index in [0.717, 1.165) is 11.3 Å². The Hall–Kier alpha value is -0.551. The third-order valence-corrected chi connectivity index (χ3v) is 4.33. The molecule has 1 aromatic carbocycles. The first-order chi connectivity index (χ1) is 7.57. The molecule has 0 aliphatic rings. The van der Waals surface area contributed by atoms with E-state index in [0.29, 0.717) is 0 Å². The molecule has 17 heavy (non-hydrogen) atoms. The third-order valence-electron chi connectivity index (χ3n) is 2.50. The Morgan fingerprint density at radius 1 is 1.12 bits per heavy atom. The van der Waals surface area contributed by atoms with Crippen molar-refractivity contribution in [2.45, 2.75) is 0 Å². The van der Waals surface area contributed by atoms with E-state index in [-0.39, 0.29) is 20.1 Å². The van der Waals surface area contributed by atoms with Gasteiger partial charge in [0.05, 0.1) is 20.0 Å². The van der Waals surface area contributed by atoms with Crippen LogP contribution in [0.1, 0.15) is 0 Å². The Morgan fingerprint density at radius 3 is 2.47 bits per heavy atom. The van der Waals surface area contributed by atoms with Crippen molar-refractivity contribution < 1.29 is 20.1 Å². The fourth-order valence-electron chi connectivity index (χ4n) is 1.54. The minimum absolute atomic E-state index is 0. The number of hydrogen-bond acceptors (Lipinski definition) is 1. The molecule has 0 fully saturated rings. The molecular weight excluding hydrogens is 405 g/mol.